The molecule has 5 atom stereocenters. The van der Waals surface area contributed by atoms with Gasteiger partial charge in [0.25, 0.3) is 0 Å². The summed E-state index contributed by atoms with van der Waals surface area (Å²) in [6, 6.07) is 0. The molecule has 5 N–H and O–H groups in total. The molecule has 0 aromatic rings. The Labute approximate surface area is 79.2 Å². The Morgan fingerprint density at radius 1 is 1.21 bits per heavy atom. The highest BCUT2D eigenvalue weighted by atomic mass is 19.1. The van der Waals surface area contributed by atoms with Crippen LogP contribution in [0.1, 0.15) is 0 Å². The van der Waals surface area contributed by atoms with Crippen LogP contribution in [0, 0.1) is 0 Å². The topological polar surface area (TPSA) is 110 Å². The SMILES string of the molecule is OC[C@H]1O[C@@](O)(CO)[C@H](F)[C@@H](O)[C@@H]1O. The van der Waals surface area contributed by atoms with Gasteiger partial charge in [-0.15, -0.1) is 0 Å². The van der Waals surface area contributed by atoms with Crippen molar-refractivity contribution < 1.29 is 34.7 Å². The van der Waals surface area contributed by atoms with Crippen LogP contribution in [-0.4, -0.2) is 69.0 Å². The highest BCUT2D eigenvalue weighted by Crippen LogP contribution is 2.29. The standard InChI is InChI=1S/C7H13FO6/c8-6-5(12)4(11)3(1-9)14-7(6,13)2-10/h3-6,9-13H,1-2H2/t3-,4-,5+,6-,7+/m1/s1. The van der Waals surface area contributed by atoms with Gasteiger partial charge in [-0.25, -0.2) is 4.39 Å². The third kappa shape index (κ3) is 1.74. The van der Waals surface area contributed by atoms with Crippen LogP contribution in [0.2, 0.25) is 0 Å². The van der Waals surface area contributed by atoms with Crippen molar-refractivity contribution in [1.29, 1.82) is 0 Å². The predicted molar refractivity (Wildman–Crippen MR) is 40.9 cm³/mol. The van der Waals surface area contributed by atoms with Gasteiger partial charge in [-0.2, -0.15) is 0 Å². The third-order valence-electron chi connectivity index (χ3n) is 2.22. The second-order valence-electron chi connectivity index (χ2n) is 3.22. The van der Waals surface area contributed by atoms with Gasteiger partial charge in [-0.3, -0.25) is 0 Å². The minimum Gasteiger partial charge on any atom is -0.394 e. The van der Waals surface area contributed by atoms with Crippen LogP contribution in [0.5, 0.6) is 0 Å². The Bertz CT molecular complexity index is 201. The average Bonchev–Trinajstić information content (AvgIpc) is 2.20. The monoisotopic (exact) mass is 212 g/mol. The van der Waals surface area contributed by atoms with E-state index in [0.29, 0.717) is 0 Å². The van der Waals surface area contributed by atoms with Gasteiger partial charge in [-0.05, 0) is 0 Å². The van der Waals surface area contributed by atoms with E-state index in [-0.39, 0.29) is 0 Å². The fourth-order valence-electron chi connectivity index (χ4n) is 1.33. The number of alkyl halides is 1. The molecule has 0 aliphatic carbocycles. The van der Waals surface area contributed by atoms with Crippen LogP contribution < -0.4 is 0 Å². The van der Waals surface area contributed by atoms with Gasteiger partial charge in [0.05, 0.1) is 6.61 Å². The summed E-state index contributed by atoms with van der Waals surface area (Å²) in [4.78, 5) is 0. The van der Waals surface area contributed by atoms with Crippen molar-refractivity contribution >= 4 is 0 Å². The number of halogens is 1. The van der Waals surface area contributed by atoms with Crippen LogP contribution in [-0.2, 0) is 4.74 Å². The molecule has 0 aromatic carbocycles. The Morgan fingerprint density at radius 2 is 1.79 bits per heavy atom. The molecule has 14 heavy (non-hydrogen) atoms. The summed E-state index contributed by atoms with van der Waals surface area (Å²) >= 11 is 0. The normalized spacial score (nSPS) is 49.3. The fraction of sp³-hybridized carbons (Fsp3) is 1.00. The fourth-order valence-corrected chi connectivity index (χ4v) is 1.33. The van der Waals surface area contributed by atoms with E-state index in [1.165, 1.54) is 0 Å². The number of hydrogen-bond acceptors (Lipinski definition) is 6. The van der Waals surface area contributed by atoms with Crippen LogP contribution in [0.4, 0.5) is 4.39 Å². The third-order valence-corrected chi connectivity index (χ3v) is 2.22. The van der Waals surface area contributed by atoms with Crippen molar-refractivity contribution in [1.82, 2.24) is 0 Å². The summed E-state index contributed by atoms with van der Waals surface area (Å²) in [5.74, 6) is -2.58. The maximum Gasteiger partial charge on any atom is 0.224 e. The molecule has 0 unspecified atom stereocenters. The van der Waals surface area contributed by atoms with E-state index < -0.39 is 43.5 Å². The van der Waals surface area contributed by atoms with E-state index in [0.717, 1.165) is 0 Å². The number of rotatable bonds is 2. The van der Waals surface area contributed by atoms with E-state index >= 15 is 0 Å². The molecule has 1 heterocycles. The van der Waals surface area contributed by atoms with Crippen LogP contribution in [0.25, 0.3) is 0 Å². The molecule has 0 saturated carbocycles. The van der Waals surface area contributed by atoms with E-state index in [2.05, 4.69) is 4.74 Å². The number of ether oxygens (including phenoxy) is 1. The molecule has 1 aliphatic heterocycles. The molecule has 0 amide bonds. The van der Waals surface area contributed by atoms with Gasteiger partial charge in [0.2, 0.25) is 5.79 Å². The second-order valence-corrected chi connectivity index (χ2v) is 3.22. The minimum absolute atomic E-state index is 0.701. The Balaban J connectivity index is 2.84. The first-order valence-electron chi connectivity index (χ1n) is 4.08. The molecule has 1 fully saturated rings. The molecule has 6 nitrogen and oxygen atoms in total. The van der Waals surface area contributed by atoms with Crippen LogP contribution in [0.3, 0.4) is 0 Å². The first-order chi connectivity index (χ1) is 6.46. The van der Waals surface area contributed by atoms with Gasteiger partial charge >= 0.3 is 0 Å². The predicted octanol–water partition coefficient (Wildman–Crippen LogP) is -2.88. The summed E-state index contributed by atoms with van der Waals surface area (Å²) in [6.07, 6.45) is -7.20. The van der Waals surface area contributed by atoms with Crippen molar-refractivity contribution in [2.24, 2.45) is 0 Å². The summed E-state index contributed by atoms with van der Waals surface area (Å²) in [5, 5.41) is 44.9. The molecule has 84 valence electrons. The maximum absolute atomic E-state index is 13.2. The first kappa shape index (κ1) is 11.8. The van der Waals surface area contributed by atoms with Crippen molar-refractivity contribution in [2.45, 2.75) is 30.3 Å². The minimum atomic E-state index is -2.58. The lowest BCUT2D eigenvalue weighted by atomic mass is 9.94. The largest absolute Gasteiger partial charge is 0.394 e. The molecule has 0 bridgehead atoms. The smallest absolute Gasteiger partial charge is 0.224 e. The summed E-state index contributed by atoms with van der Waals surface area (Å²) in [5.41, 5.74) is 0. The Hall–Kier alpha value is -0.310. The molecule has 0 aromatic heterocycles. The zero-order valence-corrected chi connectivity index (χ0v) is 7.25. The molecule has 0 radical (unpaired) electrons. The van der Waals surface area contributed by atoms with Crippen molar-refractivity contribution in [3.8, 4) is 0 Å². The van der Waals surface area contributed by atoms with Gasteiger partial charge in [0, 0.05) is 0 Å². The van der Waals surface area contributed by atoms with E-state index in [1.807, 2.05) is 0 Å². The molecule has 7 heteroatoms. The highest BCUT2D eigenvalue weighted by molar-refractivity contribution is 4.95. The molecular formula is C7H13FO6. The van der Waals surface area contributed by atoms with E-state index in [1.54, 1.807) is 0 Å². The zero-order valence-electron chi connectivity index (χ0n) is 7.25. The van der Waals surface area contributed by atoms with Crippen molar-refractivity contribution in [2.75, 3.05) is 13.2 Å². The Morgan fingerprint density at radius 3 is 2.21 bits per heavy atom. The second kappa shape index (κ2) is 4.05. The molecule has 1 rings (SSSR count). The summed E-state index contributed by atoms with van der Waals surface area (Å²) in [6.45, 7) is -1.78. The van der Waals surface area contributed by atoms with Gasteiger partial charge < -0.3 is 30.3 Å². The van der Waals surface area contributed by atoms with Crippen molar-refractivity contribution in [3.05, 3.63) is 0 Å². The average molecular weight is 212 g/mol. The summed E-state index contributed by atoms with van der Waals surface area (Å²) < 4.78 is 17.7. The molecule has 1 saturated heterocycles. The molecular weight excluding hydrogens is 199 g/mol. The number of aliphatic hydroxyl groups is 5. The van der Waals surface area contributed by atoms with Gasteiger partial charge in [-0.1, -0.05) is 0 Å². The molecule has 1 aliphatic rings. The zero-order chi connectivity index (χ0) is 10.9. The van der Waals surface area contributed by atoms with Gasteiger partial charge in [0.15, 0.2) is 6.17 Å². The molecule has 0 spiro atoms. The summed E-state index contributed by atoms with van der Waals surface area (Å²) in [7, 11) is 0. The maximum atomic E-state index is 13.2. The lowest BCUT2D eigenvalue weighted by Gasteiger charge is -2.43. The van der Waals surface area contributed by atoms with Gasteiger partial charge in [0.1, 0.15) is 24.9 Å². The Kier molecular flexibility index (Phi) is 3.40. The highest BCUT2D eigenvalue weighted by Gasteiger charge is 2.53. The van der Waals surface area contributed by atoms with E-state index in [4.69, 9.17) is 20.4 Å². The first-order valence-corrected chi connectivity index (χ1v) is 4.08. The van der Waals surface area contributed by atoms with Crippen molar-refractivity contribution in [3.63, 3.8) is 0 Å². The number of hydrogen-bond donors (Lipinski definition) is 5. The van der Waals surface area contributed by atoms with E-state index in [9.17, 15) is 9.50 Å². The lowest BCUT2D eigenvalue weighted by molar-refractivity contribution is -0.344. The van der Waals surface area contributed by atoms with Crippen LogP contribution in [0.15, 0.2) is 0 Å². The van der Waals surface area contributed by atoms with Crippen LogP contribution >= 0.6 is 0 Å². The quantitative estimate of drug-likeness (QED) is 0.336. The lowest BCUT2D eigenvalue weighted by Crippen LogP contribution is -2.65. The number of aliphatic hydroxyl groups excluding tert-OH is 4.